The second-order valence-corrected chi connectivity index (χ2v) is 7.22. The number of benzene rings is 1. The molecule has 0 fully saturated rings. The Morgan fingerprint density at radius 1 is 1.23 bits per heavy atom. The van der Waals surface area contributed by atoms with Gasteiger partial charge in [-0.05, 0) is 30.4 Å². The van der Waals surface area contributed by atoms with Gasteiger partial charge in [-0.3, -0.25) is 9.69 Å². The van der Waals surface area contributed by atoms with Crippen molar-refractivity contribution in [2.75, 3.05) is 17.3 Å². The number of hydrogen-bond acceptors (Lipinski definition) is 4. The van der Waals surface area contributed by atoms with Crippen molar-refractivity contribution in [3.63, 3.8) is 0 Å². The van der Waals surface area contributed by atoms with Gasteiger partial charge in [-0.2, -0.15) is 0 Å². The molecule has 0 radical (unpaired) electrons. The molecule has 1 aliphatic heterocycles. The number of anilines is 2. The third-order valence-electron chi connectivity index (χ3n) is 4.31. The zero-order chi connectivity index (χ0) is 19.4. The van der Waals surface area contributed by atoms with E-state index >= 15 is 0 Å². The van der Waals surface area contributed by atoms with Crippen molar-refractivity contribution in [2.24, 2.45) is 11.8 Å². The number of para-hydroxylation sites is 2. The monoisotopic (exact) mass is 361 g/mol. The van der Waals surface area contributed by atoms with Crippen LogP contribution in [0.2, 0.25) is 0 Å². The standard InChI is InChI=1S/C19H27N3O4/c1-11(2)10-14(18(24)26-5)21-19(25)22-15-9-7-6-8-13(15)20-17(23)16(22)12(3)4/h6-9,11-12,14,16H,10H2,1-5H3,(H,20,23)(H,21,25)/t14-,16-/m0/s1. The van der Waals surface area contributed by atoms with Crippen molar-refractivity contribution < 1.29 is 19.1 Å². The van der Waals surface area contributed by atoms with Gasteiger partial charge in [-0.25, -0.2) is 9.59 Å². The number of fused-ring (bicyclic) bond motifs is 1. The summed E-state index contributed by atoms with van der Waals surface area (Å²) in [4.78, 5) is 39.1. The lowest BCUT2D eigenvalue weighted by atomic mass is 9.97. The molecule has 0 spiro atoms. The fourth-order valence-corrected chi connectivity index (χ4v) is 3.15. The Kier molecular flexibility index (Phi) is 6.23. The first kappa shape index (κ1) is 19.8. The number of esters is 1. The summed E-state index contributed by atoms with van der Waals surface area (Å²) in [6.45, 7) is 7.68. The van der Waals surface area contributed by atoms with E-state index in [1.807, 2.05) is 27.7 Å². The van der Waals surface area contributed by atoms with E-state index in [0.29, 0.717) is 17.8 Å². The summed E-state index contributed by atoms with van der Waals surface area (Å²) in [6.07, 6.45) is 0.451. The molecule has 2 rings (SSSR count). The van der Waals surface area contributed by atoms with Gasteiger partial charge in [0.15, 0.2) is 0 Å². The second kappa shape index (κ2) is 8.21. The van der Waals surface area contributed by atoms with Crippen molar-refractivity contribution in [1.82, 2.24) is 5.32 Å². The normalized spacial score (nSPS) is 17.6. The van der Waals surface area contributed by atoms with Crippen molar-refractivity contribution >= 4 is 29.3 Å². The molecular weight excluding hydrogens is 334 g/mol. The Morgan fingerprint density at radius 3 is 2.46 bits per heavy atom. The quantitative estimate of drug-likeness (QED) is 0.790. The van der Waals surface area contributed by atoms with Crippen LogP contribution in [0, 0.1) is 11.8 Å². The van der Waals surface area contributed by atoms with Gasteiger partial charge in [0.25, 0.3) is 0 Å². The summed E-state index contributed by atoms with van der Waals surface area (Å²) in [5.74, 6) is -0.650. The molecule has 1 aromatic carbocycles. The molecule has 0 aromatic heterocycles. The number of carbonyl (C=O) groups is 3. The molecule has 26 heavy (non-hydrogen) atoms. The van der Waals surface area contributed by atoms with E-state index in [9.17, 15) is 14.4 Å². The highest BCUT2D eigenvalue weighted by Crippen LogP contribution is 2.34. The number of urea groups is 1. The van der Waals surface area contributed by atoms with Crippen LogP contribution in [0.15, 0.2) is 24.3 Å². The maximum absolute atomic E-state index is 13.1. The van der Waals surface area contributed by atoms with E-state index in [2.05, 4.69) is 10.6 Å². The first-order valence-electron chi connectivity index (χ1n) is 8.83. The van der Waals surface area contributed by atoms with E-state index in [1.165, 1.54) is 12.0 Å². The van der Waals surface area contributed by atoms with Gasteiger partial charge in [0.2, 0.25) is 5.91 Å². The van der Waals surface area contributed by atoms with Gasteiger partial charge in [-0.1, -0.05) is 39.8 Å². The molecule has 1 heterocycles. The van der Waals surface area contributed by atoms with Gasteiger partial charge >= 0.3 is 12.0 Å². The molecule has 0 bridgehead atoms. The fourth-order valence-electron chi connectivity index (χ4n) is 3.15. The first-order chi connectivity index (χ1) is 12.3. The third-order valence-corrected chi connectivity index (χ3v) is 4.31. The summed E-state index contributed by atoms with van der Waals surface area (Å²) in [7, 11) is 1.29. The number of nitrogens with one attached hydrogen (secondary N) is 2. The first-order valence-corrected chi connectivity index (χ1v) is 8.83. The summed E-state index contributed by atoms with van der Waals surface area (Å²) < 4.78 is 4.81. The summed E-state index contributed by atoms with van der Waals surface area (Å²) in [6, 6.07) is 5.21. The largest absolute Gasteiger partial charge is 0.467 e. The van der Waals surface area contributed by atoms with Crippen LogP contribution in [0.4, 0.5) is 16.2 Å². The molecule has 3 amide bonds. The zero-order valence-electron chi connectivity index (χ0n) is 15.9. The molecule has 0 saturated heterocycles. The topological polar surface area (TPSA) is 87.7 Å². The van der Waals surface area contributed by atoms with Gasteiger partial charge in [-0.15, -0.1) is 0 Å². The maximum atomic E-state index is 13.1. The van der Waals surface area contributed by atoms with E-state index in [-0.39, 0.29) is 17.7 Å². The average Bonchev–Trinajstić information content (AvgIpc) is 2.58. The lowest BCUT2D eigenvalue weighted by molar-refractivity contribution is -0.143. The molecule has 7 nitrogen and oxygen atoms in total. The van der Waals surface area contributed by atoms with E-state index in [1.54, 1.807) is 24.3 Å². The molecular formula is C19H27N3O4. The Morgan fingerprint density at radius 2 is 1.88 bits per heavy atom. The smallest absolute Gasteiger partial charge is 0.328 e. The van der Waals surface area contributed by atoms with Crippen LogP contribution in [0.1, 0.15) is 34.1 Å². The van der Waals surface area contributed by atoms with Crippen molar-refractivity contribution in [2.45, 2.75) is 46.2 Å². The molecule has 2 atom stereocenters. The van der Waals surface area contributed by atoms with Crippen LogP contribution in [0.25, 0.3) is 0 Å². The minimum atomic E-state index is -0.766. The van der Waals surface area contributed by atoms with Crippen LogP contribution in [-0.4, -0.2) is 37.1 Å². The molecule has 142 valence electrons. The summed E-state index contributed by atoms with van der Waals surface area (Å²) >= 11 is 0. The molecule has 1 aliphatic rings. The van der Waals surface area contributed by atoms with Crippen LogP contribution >= 0.6 is 0 Å². The summed E-state index contributed by atoms with van der Waals surface area (Å²) in [5.41, 5.74) is 1.18. The van der Waals surface area contributed by atoms with Gasteiger partial charge in [0.05, 0.1) is 18.5 Å². The minimum Gasteiger partial charge on any atom is -0.467 e. The fraction of sp³-hybridized carbons (Fsp3) is 0.526. The number of rotatable bonds is 5. The molecule has 0 saturated carbocycles. The molecule has 7 heteroatoms. The van der Waals surface area contributed by atoms with Crippen LogP contribution < -0.4 is 15.5 Å². The lowest BCUT2D eigenvalue weighted by Gasteiger charge is -2.39. The summed E-state index contributed by atoms with van der Waals surface area (Å²) in [5, 5.41) is 5.59. The van der Waals surface area contributed by atoms with Gasteiger partial charge < -0.3 is 15.4 Å². The highest BCUT2D eigenvalue weighted by Gasteiger charge is 2.39. The van der Waals surface area contributed by atoms with Crippen molar-refractivity contribution in [3.8, 4) is 0 Å². The predicted octanol–water partition coefficient (Wildman–Crippen LogP) is 2.77. The average molecular weight is 361 g/mol. The van der Waals surface area contributed by atoms with Crippen molar-refractivity contribution in [3.05, 3.63) is 24.3 Å². The molecule has 0 unspecified atom stereocenters. The van der Waals surface area contributed by atoms with Crippen molar-refractivity contribution in [1.29, 1.82) is 0 Å². The molecule has 0 aliphatic carbocycles. The van der Waals surface area contributed by atoms with Gasteiger partial charge in [0, 0.05) is 0 Å². The number of amides is 3. The molecule has 2 N–H and O–H groups in total. The number of hydrogen-bond donors (Lipinski definition) is 2. The minimum absolute atomic E-state index is 0.101. The van der Waals surface area contributed by atoms with Crippen LogP contribution in [0.5, 0.6) is 0 Å². The Balaban J connectivity index is 2.36. The van der Waals surface area contributed by atoms with Gasteiger partial charge in [0.1, 0.15) is 12.1 Å². The highest BCUT2D eigenvalue weighted by atomic mass is 16.5. The number of carbonyl (C=O) groups excluding carboxylic acids is 3. The van der Waals surface area contributed by atoms with Crippen LogP contribution in [-0.2, 0) is 14.3 Å². The second-order valence-electron chi connectivity index (χ2n) is 7.22. The third kappa shape index (κ3) is 4.15. The Labute approximate surface area is 154 Å². The lowest BCUT2D eigenvalue weighted by Crippen LogP contribution is -2.58. The predicted molar refractivity (Wildman–Crippen MR) is 100.0 cm³/mol. The molecule has 1 aromatic rings. The van der Waals surface area contributed by atoms with E-state index in [0.717, 1.165) is 0 Å². The number of nitrogens with zero attached hydrogens (tertiary/aromatic N) is 1. The zero-order valence-corrected chi connectivity index (χ0v) is 15.9. The Hall–Kier alpha value is -2.57. The van der Waals surface area contributed by atoms with E-state index in [4.69, 9.17) is 4.74 Å². The van der Waals surface area contributed by atoms with Crippen LogP contribution in [0.3, 0.4) is 0 Å². The highest BCUT2D eigenvalue weighted by molar-refractivity contribution is 6.12. The SMILES string of the molecule is COC(=O)[C@H](CC(C)C)NC(=O)N1c2ccccc2NC(=O)[C@@H]1C(C)C. The number of methoxy groups -OCH3 is 1. The number of ether oxygens (including phenoxy) is 1. The van der Waals surface area contributed by atoms with E-state index < -0.39 is 24.1 Å². The Bertz CT molecular complexity index is 687. The maximum Gasteiger partial charge on any atom is 0.328 e.